The Hall–Kier alpha value is -1.94. The van der Waals surface area contributed by atoms with Gasteiger partial charge in [0.1, 0.15) is 19.3 Å². The average molecular weight is 1310 g/mol. The largest absolute Gasteiger partial charge is 0.472 e. The highest BCUT2D eigenvalue weighted by Gasteiger charge is 2.30. The quantitative estimate of drug-likeness (QED) is 0.0222. The Morgan fingerprint density at radius 3 is 0.854 bits per heavy atom. The molecule has 0 saturated carbocycles. The highest BCUT2D eigenvalue weighted by molar-refractivity contribution is 7.47. The summed E-state index contributed by atoms with van der Waals surface area (Å²) in [5, 5.41) is 10.6. The van der Waals surface area contributed by atoms with E-state index < -0.39 is 97.5 Å². The van der Waals surface area contributed by atoms with E-state index >= 15 is 0 Å². The first-order chi connectivity index (χ1) is 42.9. The fraction of sp³-hybridized carbons (Fsp3) is 0.943. The summed E-state index contributed by atoms with van der Waals surface area (Å²) in [6.45, 7) is 9.48. The van der Waals surface area contributed by atoms with Gasteiger partial charge in [-0.15, -0.1) is 0 Å². The van der Waals surface area contributed by atoms with Crippen molar-refractivity contribution >= 4 is 39.5 Å². The van der Waals surface area contributed by atoms with Gasteiger partial charge < -0.3 is 33.8 Å². The highest BCUT2D eigenvalue weighted by Crippen LogP contribution is 2.45. The maximum atomic E-state index is 13.0. The molecule has 0 amide bonds. The minimum atomic E-state index is -4.95. The van der Waals surface area contributed by atoms with Crippen LogP contribution in [0.1, 0.15) is 356 Å². The molecule has 6 atom stereocenters. The number of carbonyl (C=O) groups excluding carboxylic acids is 4. The molecule has 0 aromatic heterocycles. The predicted molar refractivity (Wildman–Crippen MR) is 358 cm³/mol. The molecule has 0 aliphatic rings. The van der Waals surface area contributed by atoms with Crippen molar-refractivity contribution in [3.05, 3.63) is 0 Å². The van der Waals surface area contributed by atoms with Crippen molar-refractivity contribution in [2.45, 2.75) is 374 Å². The van der Waals surface area contributed by atoms with Crippen LogP contribution in [-0.4, -0.2) is 96.7 Å². The van der Waals surface area contributed by atoms with E-state index in [2.05, 4.69) is 41.5 Å². The SMILES string of the molecule is CCCCCCCCCCCCCCCCCCCCC(=O)O[C@H](COC(=O)CCCCCCCCCCC(C)CC)COP(=O)(O)OC[C@@H](O)COP(=O)(O)OC[C@@H](COC(=O)CCCCCCCCCC)OC(=O)CCCCCCCCCCC(C)C. The third-order valence-electron chi connectivity index (χ3n) is 16.6. The summed E-state index contributed by atoms with van der Waals surface area (Å²) in [5.74, 6) is -0.633. The van der Waals surface area contributed by atoms with Gasteiger partial charge in [-0.05, 0) is 37.5 Å². The summed E-state index contributed by atoms with van der Waals surface area (Å²) < 4.78 is 68.2. The molecule has 0 heterocycles. The molecule has 0 fully saturated rings. The van der Waals surface area contributed by atoms with E-state index in [4.69, 9.17) is 37.0 Å². The maximum absolute atomic E-state index is 13.0. The monoisotopic (exact) mass is 1310 g/mol. The molecule has 0 aliphatic heterocycles. The van der Waals surface area contributed by atoms with Gasteiger partial charge in [-0.2, -0.15) is 0 Å². The Labute approximate surface area is 543 Å². The van der Waals surface area contributed by atoms with Crippen LogP contribution in [0.15, 0.2) is 0 Å². The van der Waals surface area contributed by atoms with Crippen LogP contribution in [0.3, 0.4) is 0 Å². The molecule has 19 heteroatoms. The molecule has 0 aromatic rings. The van der Waals surface area contributed by atoms with Crippen LogP contribution in [0.4, 0.5) is 0 Å². The zero-order chi connectivity index (χ0) is 65.7. The molecule has 0 radical (unpaired) electrons. The Morgan fingerprint density at radius 1 is 0.326 bits per heavy atom. The second-order valence-electron chi connectivity index (χ2n) is 26.0. The topological polar surface area (TPSA) is 237 Å². The molecule has 3 unspecified atom stereocenters. The van der Waals surface area contributed by atoms with E-state index in [1.165, 1.54) is 167 Å². The minimum absolute atomic E-state index is 0.104. The number of hydrogen-bond donors (Lipinski definition) is 3. The fourth-order valence-electron chi connectivity index (χ4n) is 10.6. The molecule has 0 aromatic carbocycles. The van der Waals surface area contributed by atoms with E-state index in [1.807, 2.05) is 0 Å². The lowest BCUT2D eigenvalue weighted by Gasteiger charge is -2.21. The van der Waals surface area contributed by atoms with Crippen molar-refractivity contribution in [1.29, 1.82) is 0 Å². The number of rotatable bonds is 69. The van der Waals surface area contributed by atoms with Gasteiger partial charge in [-0.25, -0.2) is 9.13 Å². The molecule has 0 bridgehead atoms. The first-order valence-corrected chi connectivity index (χ1v) is 39.5. The fourth-order valence-corrected chi connectivity index (χ4v) is 12.1. The van der Waals surface area contributed by atoms with E-state index in [-0.39, 0.29) is 25.7 Å². The second-order valence-corrected chi connectivity index (χ2v) is 28.9. The van der Waals surface area contributed by atoms with Gasteiger partial charge in [0, 0.05) is 25.7 Å². The molecule has 17 nitrogen and oxygen atoms in total. The van der Waals surface area contributed by atoms with Crippen LogP contribution in [0, 0.1) is 11.8 Å². The van der Waals surface area contributed by atoms with Crippen LogP contribution in [0.5, 0.6) is 0 Å². The van der Waals surface area contributed by atoms with E-state index in [0.717, 1.165) is 108 Å². The Kier molecular flexibility index (Phi) is 60.8. The van der Waals surface area contributed by atoms with Gasteiger partial charge in [-0.3, -0.25) is 37.3 Å². The zero-order valence-corrected chi connectivity index (χ0v) is 59.5. The molecule has 0 spiro atoms. The van der Waals surface area contributed by atoms with Crippen molar-refractivity contribution < 1.29 is 80.2 Å². The number of ether oxygens (including phenoxy) is 4. The summed E-state index contributed by atoms with van der Waals surface area (Å²) in [6.07, 6.45) is 47.3. The average Bonchev–Trinajstić information content (AvgIpc) is 3.54. The van der Waals surface area contributed by atoms with E-state index in [0.29, 0.717) is 25.7 Å². The second kappa shape index (κ2) is 62.2. The lowest BCUT2D eigenvalue weighted by atomic mass is 9.99. The van der Waals surface area contributed by atoms with Crippen molar-refractivity contribution in [2.75, 3.05) is 39.6 Å². The maximum Gasteiger partial charge on any atom is 0.472 e. The van der Waals surface area contributed by atoms with Crippen molar-refractivity contribution in [1.82, 2.24) is 0 Å². The van der Waals surface area contributed by atoms with Gasteiger partial charge in [0.05, 0.1) is 26.4 Å². The Balaban J connectivity index is 5.21. The van der Waals surface area contributed by atoms with Gasteiger partial charge in [0.25, 0.3) is 0 Å². The predicted octanol–water partition coefficient (Wildman–Crippen LogP) is 20.0. The Bertz CT molecular complexity index is 1740. The van der Waals surface area contributed by atoms with Crippen LogP contribution in [0.2, 0.25) is 0 Å². The minimum Gasteiger partial charge on any atom is -0.462 e. The number of esters is 4. The smallest absolute Gasteiger partial charge is 0.462 e. The number of unbranched alkanes of at least 4 members (excludes halogenated alkanes) is 38. The van der Waals surface area contributed by atoms with Crippen molar-refractivity contribution in [3.63, 3.8) is 0 Å². The number of aliphatic hydroxyl groups is 1. The van der Waals surface area contributed by atoms with Crippen LogP contribution in [0.25, 0.3) is 0 Å². The van der Waals surface area contributed by atoms with Crippen molar-refractivity contribution in [3.8, 4) is 0 Å². The molecule has 0 saturated heterocycles. The zero-order valence-electron chi connectivity index (χ0n) is 57.7. The Morgan fingerprint density at radius 2 is 0.573 bits per heavy atom. The first-order valence-electron chi connectivity index (χ1n) is 36.5. The van der Waals surface area contributed by atoms with Gasteiger partial charge in [-0.1, -0.05) is 305 Å². The standard InChI is InChI=1S/C70H136O17P2/c1-7-10-12-14-16-18-19-20-21-22-23-24-25-26-27-36-42-48-54-69(74)86-66(59-81-68(73)53-47-41-35-31-29-33-39-45-51-63(6)9-3)61-85-89(78,79)83-57-64(71)56-82-88(76,77)84-60-65(58-80-67(72)52-46-40-34-17-15-13-11-8-2)87-70(75)55-49-43-37-30-28-32-38-44-50-62(4)5/h62-66,71H,7-61H2,1-6H3,(H,76,77)(H,78,79)/t63?,64-,65+,66+/m0/s1. The first kappa shape index (κ1) is 87.1. The third kappa shape index (κ3) is 63.2. The third-order valence-corrected chi connectivity index (χ3v) is 18.5. The van der Waals surface area contributed by atoms with Crippen LogP contribution >= 0.6 is 15.6 Å². The molecule has 3 N–H and O–H groups in total. The van der Waals surface area contributed by atoms with Crippen molar-refractivity contribution in [2.24, 2.45) is 11.8 Å². The molecule has 0 rings (SSSR count). The van der Waals surface area contributed by atoms with E-state index in [1.54, 1.807) is 0 Å². The van der Waals surface area contributed by atoms with Crippen LogP contribution < -0.4 is 0 Å². The highest BCUT2D eigenvalue weighted by atomic mass is 31.2. The number of aliphatic hydroxyl groups excluding tert-OH is 1. The summed E-state index contributed by atoms with van der Waals surface area (Å²) in [4.78, 5) is 72.4. The van der Waals surface area contributed by atoms with E-state index in [9.17, 15) is 43.2 Å². The summed E-state index contributed by atoms with van der Waals surface area (Å²) in [5.41, 5.74) is 0. The molecular weight excluding hydrogens is 1170 g/mol. The lowest BCUT2D eigenvalue weighted by molar-refractivity contribution is -0.161. The number of carbonyl (C=O) groups is 4. The van der Waals surface area contributed by atoms with Gasteiger partial charge in [0.2, 0.25) is 0 Å². The molecular formula is C70H136O17P2. The lowest BCUT2D eigenvalue weighted by Crippen LogP contribution is -2.30. The van der Waals surface area contributed by atoms with Gasteiger partial charge >= 0.3 is 39.5 Å². The number of phosphoric ester groups is 2. The normalized spacial score (nSPS) is 14.4. The molecule has 89 heavy (non-hydrogen) atoms. The summed E-state index contributed by atoms with van der Waals surface area (Å²) >= 11 is 0. The number of phosphoric acid groups is 2. The number of hydrogen-bond acceptors (Lipinski definition) is 15. The van der Waals surface area contributed by atoms with Crippen LogP contribution in [-0.2, 0) is 65.4 Å². The summed E-state index contributed by atoms with van der Waals surface area (Å²) in [7, 11) is -9.90. The molecule has 0 aliphatic carbocycles. The molecule has 528 valence electrons. The van der Waals surface area contributed by atoms with Gasteiger partial charge in [0.15, 0.2) is 12.2 Å². The summed E-state index contributed by atoms with van der Waals surface area (Å²) in [6, 6.07) is 0.